The van der Waals surface area contributed by atoms with Crippen molar-refractivity contribution in [2.24, 2.45) is 0 Å². The highest BCUT2D eigenvalue weighted by atomic mass is 15.3. The summed E-state index contributed by atoms with van der Waals surface area (Å²) in [5.41, 5.74) is 2.45. The zero-order valence-electron chi connectivity index (χ0n) is 13.8. The van der Waals surface area contributed by atoms with Crippen molar-refractivity contribution in [1.82, 2.24) is 20.1 Å². The van der Waals surface area contributed by atoms with Crippen LogP contribution in [0.3, 0.4) is 0 Å². The van der Waals surface area contributed by atoms with Crippen molar-refractivity contribution in [2.75, 3.05) is 32.7 Å². The third-order valence-electron chi connectivity index (χ3n) is 4.47. The van der Waals surface area contributed by atoms with Crippen LogP contribution in [0.15, 0.2) is 18.3 Å². The highest BCUT2D eigenvalue weighted by Gasteiger charge is 2.20. The van der Waals surface area contributed by atoms with Crippen LogP contribution in [0.25, 0.3) is 0 Å². The number of aromatic nitrogens is 1. The summed E-state index contributed by atoms with van der Waals surface area (Å²) < 4.78 is 0. The van der Waals surface area contributed by atoms with Crippen molar-refractivity contribution in [3.8, 4) is 0 Å². The summed E-state index contributed by atoms with van der Waals surface area (Å²) >= 11 is 0. The molecule has 1 atom stereocenters. The first kappa shape index (κ1) is 16.4. The Balaban J connectivity index is 1.78. The molecule has 0 radical (unpaired) electrons. The molecule has 0 spiro atoms. The second kappa shape index (κ2) is 8.47. The SMILES string of the molecule is CCNCc1ccc(CN2CCN(C(C)CC)CC2)nc1. The number of pyridine rings is 1. The van der Waals surface area contributed by atoms with E-state index in [4.69, 9.17) is 0 Å². The zero-order chi connectivity index (χ0) is 15.1. The second-order valence-corrected chi connectivity index (χ2v) is 6.01. The Labute approximate surface area is 129 Å². The van der Waals surface area contributed by atoms with Gasteiger partial charge >= 0.3 is 0 Å². The third kappa shape index (κ3) is 5.06. The predicted molar refractivity (Wildman–Crippen MR) is 88.2 cm³/mol. The molecule has 1 aromatic rings. The van der Waals surface area contributed by atoms with Crippen LogP contribution < -0.4 is 5.32 Å². The largest absolute Gasteiger partial charge is 0.313 e. The lowest BCUT2D eigenvalue weighted by Crippen LogP contribution is -2.49. The third-order valence-corrected chi connectivity index (χ3v) is 4.47. The fourth-order valence-electron chi connectivity index (χ4n) is 2.77. The number of piperazine rings is 1. The van der Waals surface area contributed by atoms with Gasteiger partial charge in [0, 0.05) is 51.5 Å². The maximum absolute atomic E-state index is 4.60. The van der Waals surface area contributed by atoms with Crippen LogP contribution in [0.5, 0.6) is 0 Å². The predicted octanol–water partition coefficient (Wildman–Crippen LogP) is 2.11. The lowest BCUT2D eigenvalue weighted by atomic mass is 10.2. The Morgan fingerprint density at radius 3 is 2.52 bits per heavy atom. The maximum Gasteiger partial charge on any atom is 0.0544 e. The molecule has 4 nitrogen and oxygen atoms in total. The summed E-state index contributed by atoms with van der Waals surface area (Å²) in [6, 6.07) is 5.09. The molecular formula is C17H30N4. The normalized spacial score (nSPS) is 18.8. The van der Waals surface area contributed by atoms with Crippen LogP contribution in [0, 0.1) is 0 Å². The average Bonchev–Trinajstić information content (AvgIpc) is 2.54. The first-order valence-electron chi connectivity index (χ1n) is 8.33. The Bertz CT molecular complexity index is 396. The van der Waals surface area contributed by atoms with Gasteiger partial charge in [0.05, 0.1) is 5.69 Å². The molecule has 1 aromatic heterocycles. The molecule has 1 aliphatic heterocycles. The quantitative estimate of drug-likeness (QED) is 0.833. The number of nitrogens with one attached hydrogen (secondary N) is 1. The fraction of sp³-hybridized carbons (Fsp3) is 0.706. The summed E-state index contributed by atoms with van der Waals surface area (Å²) in [6.07, 6.45) is 3.25. The van der Waals surface area contributed by atoms with E-state index >= 15 is 0 Å². The van der Waals surface area contributed by atoms with E-state index < -0.39 is 0 Å². The Morgan fingerprint density at radius 2 is 1.95 bits per heavy atom. The van der Waals surface area contributed by atoms with Crippen molar-refractivity contribution >= 4 is 0 Å². The average molecular weight is 290 g/mol. The van der Waals surface area contributed by atoms with E-state index in [-0.39, 0.29) is 0 Å². The minimum atomic E-state index is 0.718. The molecule has 0 aromatic carbocycles. The van der Waals surface area contributed by atoms with Crippen LogP contribution in [-0.2, 0) is 13.1 Å². The Hall–Kier alpha value is -0.970. The molecule has 21 heavy (non-hydrogen) atoms. The molecule has 0 amide bonds. The van der Waals surface area contributed by atoms with E-state index in [1.165, 1.54) is 30.8 Å². The topological polar surface area (TPSA) is 31.4 Å². The highest BCUT2D eigenvalue weighted by Crippen LogP contribution is 2.11. The van der Waals surface area contributed by atoms with Gasteiger partial charge in [0.1, 0.15) is 0 Å². The molecule has 4 heteroatoms. The number of hydrogen-bond donors (Lipinski definition) is 1. The number of nitrogens with zero attached hydrogens (tertiary/aromatic N) is 3. The Kier molecular flexibility index (Phi) is 6.61. The van der Waals surface area contributed by atoms with Gasteiger partial charge in [-0.1, -0.05) is 19.9 Å². The summed E-state index contributed by atoms with van der Waals surface area (Å²) in [6.45, 7) is 14.3. The molecule has 2 rings (SSSR count). The minimum absolute atomic E-state index is 0.718. The summed E-state index contributed by atoms with van der Waals surface area (Å²) in [5.74, 6) is 0. The number of hydrogen-bond acceptors (Lipinski definition) is 4. The van der Waals surface area contributed by atoms with E-state index in [0.717, 1.165) is 38.8 Å². The van der Waals surface area contributed by atoms with Gasteiger partial charge in [-0.05, 0) is 31.5 Å². The van der Waals surface area contributed by atoms with Crippen LogP contribution in [0.4, 0.5) is 0 Å². The number of rotatable bonds is 7. The molecule has 1 saturated heterocycles. The molecule has 0 aliphatic carbocycles. The zero-order valence-corrected chi connectivity index (χ0v) is 13.8. The van der Waals surface area contributed by atoms with Gasteiger partial charge < -0.3 is 5.32 Å². The van der Waals surface area contributed by atoms with Gasteiger partial charge in [0.2, 0.25) is 0 Å². The van der Waals surface area contributed by atoms with Crippen LogP contribution in [0.1, 0.15) is 38.4 Å². The fourth-order valence-corrected chi connectivity index (χ4v) is 2.77. The standard InChI is InChI=1S/C17H30N4/c1-4-15(3)21-10-8-20(9-11-21)14-17-7-6-16(13-19-17)12-18-5-2/h6-7,13,15,18H,4-5,8-12,14H2,1-3H3. The maximum atomic E-state index is 4.60. The van der Waals surface area contributed by atoms with Gasteiger partial charge in [-0.25, -0.2) is 0 Å². The smallest absolute Gasteiger partial charge is 0.0544 e. The molecular weight excluding hydrogens is 260 g/mol. The van der Waals surface area contributed by atoms with Gasteiger partial charge in [-0.15, -0.1) is 0 Å². The van der Waals surface area contributed by atoms with E-state index in [2.05, 4.69) is 53.0 Å². The van der Waals surface area contributed by atoms with E-state index in [0.29, 0.717) is 0 Å². The lowest BCUT2D eigenvalue weighted by Gasteiger charge is -2.37. The molecule has 1 unspecified atom stereocenters. The van der Waals surface area contributed by atoms with Gasteiger partial charge in [0.15, 0.2) is 0 Å². The first-order valence-corrected chi connectivity index (χ1v) is 8.33. The monoisotopic (exact) mass is 290 g/mol. The highest BCUT2D eigenvalue weighted by molar-refractivity contribution is 5.14. The molecule has 2 heterocycles. The van der Waals surface area contributed by atoms with Crippen LogP contribution >= 0.6 is 0 Å². The van der Waals surface area contributed by atoms with Crippen molar-refractivity contribution in [3.63, 3.8) is 0 Å². The van der Waals surface area contributed by atoms with Crippen molar-refractivity contribution < 1.29 is 0 Å². The molecule has 1 aliphatic rings. The molecule has 1 fully saturated rings. The van der Waals surface area contributed by atoms with Gasteiger partial charge in [0.25, 0.3) is 0 Å². The van der Waals surface area contributed by atoms with E-state index in [1.807, 2.05) is 6.20 Å². The van der Waals surface area contributed by atoms with Crippen molar-refractivity contribution in [3.05, 3.63) is 29.6 Å². The molecule has 1 N–H and O–H groups in total. The first-order chi connectivity index (χ1) is 10.2. The van der Waals surface area contributed by atoms with E-state index in [9.17, 15) is 0 Å². The molecule has 0 bridgehead atoms. The molecule has 118 valence electrons. The lowest BCUT2D eigenvalue weighted by molar-refractivity contribution is 0.0956. The van der Waals surface area contributed by atoms with Crippen LogP contribution in [0.2, 0.25) is 0 Å². The van der Waals surface area contributed by atoms with Gasteiger partial charge in [-0.3, -0.25) is 14.8 Å². The van der Waals surface area contributed by atoms with Crippen LogP contribution in [-0.4, -0.2) is 53.5 Å². The Morgan fingerprint density at radius 1 is 1.19 bits per heavy atom. The second-order valence-electron chi connectivity index (χ2n) is 6.01. The summed E-state index contributed by atoms with van der Waals surface area (Å²) in [7, 11) is 0. The summed E-state index contributed by atoms with van der Waals surface area (Å²) in [5, 5.41) is 3.33. The van der Waals surface area contributed by atoms with Crippen molar-refractivity contribution in [1.29, 1.82) is 0 Å². The van der Waals surface area contributed by atoms with Gasteiger partial charge in [-0.2, -0.15) is 0 Å². The molecule has 0 saturated carbocycles. The van der Waals surface area contributed by atoms with E-state index in [1.54, 1.807) is 0 Å². The van der Waals surface area contributed by atoms with Crippen molar-refractivity contribution in [2.45, 2.75) is 46.3 Å². The minimum Gasteiger partial charge on any atom is -0.313 e. The summed E-state index contributed by atoms with van der Waals surface area (Å²) in [4.78, 5) is 9.72.